The summed E-state index contributed by atoms with van der Waals surface area (Å²) in [6.45, 7) is 5.81. The maximum atomic E-state index is 11.8. The predicted molar refractivity (Wildman–Crippen MR) is 80.3 cm³/mol. The van der Waals surface area contributed by atoms with Gasteiger partial charge < -0.3 is 10.1 Å². The number of nitrogens with one attached hydrogen (secondary N) is 2. The number of rotatable bonds is 5. The van der Waals surface area contributed by atoms with Crippen LogP contribution in [0, 0.1) is 0 Å². The summed E-state index contributed by atoms with van der Waals surface area (Å²) in [6, 6.07) is 9.57. The number of ether oxygens (including phenoxy) is 1. The van der Waals surface area contributed by atoms with Crippen molar-refractivity contribution in [2.24, 2.45) is 0 Å². The Morgan fingerprint density at radius 2 is 1.81 bits per heavy atom. The molecule has 1 aromatic rings. The molecule has 0 spiro atoms. The fraction of sp³-hybridized carbons (Fsp3) is 0.467. The van der Waals surface area contributed by atoms with Crippen LogP contribution in [0.3, 0.4) is 0 Å². The number of hydrogen-bond acceptors (Lipinski definition) is 4. The van der Waals surface area contributed by atoms with Gasteiger partial charge in [-0.15, -0.1) is 0 Å². The van der Waals surface area contributed by atoms with Crippen LogP contribution in [-0.4, -0.2) is 36.2 Å². The van der Waals surface area contributed by atoms with E-state index in [9.17, 15) is 9.59 Å². The van der Waals surface area contributed by atoms with Crippen LogP contribution in [0.4, 0.5) is 4.79 Å². The average molecular weight is 293 g/mol. The maximum Gasteiger partial charge on any atom is 0.422 e. The van der Waals surface area contributed by atoms with Crippen molar-refractivity contribution in [1.29, 1.82) is 0 Å². The van der Waals surface area contributed by atoms with E-state index in [0.29, 0.717) is 6.54 Å². The van der Waals surface area contributed by atoms with E-state index in [1.807, 2.05) is 30.3 Å². The highest BCUT2D eigenvalue weighted by atomic mass is 16.6. The molecule has 6 nitrogen and oxygen atoms in total. The second-order valence-electron chi connectivity index (χ2n) is 5.63. The van der Waals surface area contributed by atoms with E-state index in [0.717, 1.165) is 5.56 Å². The summed E-state index contributed by atoms with van der Waals surface area (Å²) in [5.74, 6) is -0.193. The molecule has 0 radical (unpaired) electrons. The summed E-state index contributed by atoms with van der Waals surface area (Å²) in [5.41, 5.74) is 2.99. The topological polar surface area (TPSA) is 70.7 Å². The Hall–Kier alpha value is -2.08. The largest absolute Gasteiger partial charge is 0.443 e. The molecule has 0 aliphatic rings. The smallest absolute Gasteiger partial charge is 0.422 e. The molecule has 21 heavy (non-hydrogen) atoms. The zero-order chi connectivity index (χ0) is 15.9. The highest BCUT2D eigenvalue weighted by molar-refractivity contribution is 5.78. The number of amides is 2. The molecule has 1 rings (SSSR count). The van der Waals surface area contributed by atoms with Crippen molar-refractivity contribution in [2.45, 2.75) is 32.9 Å². The van der Waals surface area contributed by atoms with Gasteiger partial charge in [0.05, 0.1) is 6.54 Å². The second kappa shape index (κ2) is 7.64. The van der Waals surface area contributed by atoms with Crippen molar-refractivity contribution in [3.8, 4) is 0 Å². The van der Waals surface area contributed by atoms with Crippen molar-refractivity contribution in [2.75, 3.05) is 13.6 Å². The molecule has 0 saturated heterocycles. The lowest BCUT2D eigenvalue weighted by Crippen LogP contribution is -2.48. The van der Waals surface area contributed by atoms with Gasteiger partial charge in [-0.3, -0.25) is 10.2 Å². The molecule has 1 aromatic carbocycles. The third kappa shape index (κ3) is 7.31. The van der Waals surface area contributed by atoms with E-state index < -0.39 is 11.7 Å². The van der Waals surface area contributed by atoms with E-state index >= 15 is 0 Å². The molecular weight excluding hydrogens is 270 g/mol. The molecule has 0 heterocycles. The summed E-state index contributed by atoms with van der Waals surface area (Å²) in [6.07, 6.45) is -0.581. The molecule has 0 atom stereocenters. The van der Waals surface area contributed by atoms with E-state index in [1.54, 1.807) is 27.8 Å². The lowest BCUT2D eigenvalue weighted by Gasteiger charge is -2.25. The summed E-state index contributed by atoms with van der Waals surface area (Å²) < 4.78 is 5.20. The van der Waals surface area contributed by atoms with Crippen LogP contribution in [-0.2, 0) is 16.1 Å². The highest BCUT2D eigenvalue weighted by Crippen LogP contribution is 2.08. The van der Waals surface area contributed by atoms with Crippen molar-refractivity contribution in [1.82, 2.24) is 15.8 Å². The molecule has 0 unspecified atom stereocenters. The quantitative estimate of drug-likeness (QED) is 0.810. The number of nitrogens with zero attached hydrogens (tertiary/aromatic N) is 1. The molecule has 0 saturated carbocycles. The number of hydrogen-bond donors (Lipinski definition) is 2. The Kier molecular flexibility index (Phi) is 6.17. The lowest BCUT2D eigenvalue weighted by atomic mass is 10.2. The van der Waals surface area contributed by atoms with Gasteiger partial charge in [0.1, 0.15) is 5.60 Å². The first-order chi connectivity index (χ1) is 9.80. The van der Waals surface area contributed by atoms with Crippen LogP contribution < -0.4 is 10.7 Å². The third-order valence-electron chi connectivity index (χ3n) is 2.48. The van der Waals surface area contributed by atoms with Crippen LogP contribution in [0.1, 0.15) is 26.3 Å². The molecule has 2 amide bonds. The SMILES string of the molecule is CNC(=O)CN(Cc1ccccc1)NC(=O)OC(C)(C)C. The fourth-order valence-electron chi connectivity index (χ4n) is 1.62. The molecular formula is C15H23N3O3. The van der Waals surface area contributed by atoms with Crippen molar-refractivity contribution in [3.63, 3.8) is 0 Å². The summed E-state index contributed by atoms with van der Waals surface area (Å²) >= 11 is 0. The standard InChI is InChI=1S/C15H23N3O3/c1-15(2,3)21-14(20)17-18(11-13(19)16-4)10-12-8-6-5-7-9-12/h5-9H,10-11H2,1-4H3,(H,16,19)(H,17,20). The first-order valence-corrected chi connectivity index (χ1v) is 6.79. The Balaban J connectivity index is 2.68. The van der Waals surface area contributed by atoms with Crippen LogP contribution in [0.25, 0.3) is 0 Å². The van der Waals surface area contributed by atoms with Crippen LogP contribution in [0.5, 0.6) is 0 Å². The number of carbonyl (C=O) groups excluding carboxylic acids is 2. The zero-order valence-electron chi connectivity index (χ0n) is 13.0. The molecule has 0 bridgehead atoms. The number of carbonyl (C=O) groups is 2. The van der Waals surface area contributed by atoms with Gasteiger partial charge in [0.25, 0.3) is 0 Å². The maximum absolute atomic E-state index is 11.8. The Morgan fingerprint density at radius 1 is 1.19 bits per heavy atom. The van der Waals surface area contributed by atoms with Crippen LogP contribution >= 0.6 is 0 Å². The van der Waals surface area contributed by atoms with Crippen molar-refractivity contribution < 1.29 is 14.3 Å². The highest BCUT2D eigenvalue weighted by Gasteiger charge is 2.19. The zero-order valence-corrected chi connectivity index (χ0v) is 13.0. The first-order valence-electron chi connectivity index (χ1n) is 6.79. The minimum Gasteiger partial charge on any atom is -0.443 e. The van der Waals surface area contributed by atoms with Gasteiger partial charge in [-0.05, 0) is 26.3 Å². The van der Waals surface area contributed by atoms with Gasteiger partial charge in [0, 0.05) is 13.6 Å². The van der Waals surface area contributed by atoms with Gasteiger partial charge in [-0.1, -0.05) is 30.3 Å². The summed E-state index contributed by atoms with van der Waals surface area (Å²) in [5, 5.41) is 4.05. The number of benzene rings is 1. The normalized spacial score (nSPS) is 11.1. The minimum atomic E-state index is -0.588. The van der Waals surface area contributed by atoms with Gasteiger partial charge in [-0.25, -0.2) is 9.80 Å². The van der Waals surface area contributed by atoms with E-state index in [2.05, 4.69) is 10.7 Å². The molecule has 0 aliphatic carbocycles. The second-order valence-corrected chi connectivity index (χ2v) is 5.63. The van der Waals surface area contributed by atoms with Crippen molar-refractivity contribution >= 4 is 12.0 Å². The molecule has 0 aromatic heterocycles. The predicted octanol–water partition coefficient (Wildman–Crippen LogP) is 1.67. The lowest BCUT2D eigenvalue weighted by molar-refractivity contribution is -0.122. The molecule has 2 N–H and O–H groups in total. The Bertz CT molecular complexity index is 469. The first kappa shape index (κ1) is 17.0. The van der Waals surface area contributed by atoms with E-state index in [4.69, 9.17) is 4.74 Å². The van der Waals surface area contributed by atoms with Gasteiger partial charge >= 0.3 is 6.09 Å². The molecule has 0 aliphatic heterocycles. The van der Waals surface area contributed by atoms with Crippen LogP contribution in [0.15, 0.2) is 30.3 Å². The van der Waals surface area contributed by atoms with E-state index in [-0.39, 0.29) is 12.5 Å². The minimum absolute atomic E-state index is 0.0463. The van der Waals surface area contributed by atoms with Crippen molar-refractivity contribution in [3.05, 3.63) is 35.9 Å². The molecule has 6 heteroatoms. The van der Waals surface area contributed by atoms with E-state index in [1.165, 1.54) is 5.01 Å². The summed E-state index contributed by atoms with van der Waals surface area (Å²) in [7, 11) is 1.55. The third-order valence-corrected chi connectivity index (χ3v) is 2.48. The van der Waals surface area contributed by atoms with Gasteiger partial charge in [-0.2, -0.15) is 0 Å². The monoisotopic (exact) mass is 293 g/mol. The van der Waals surface area contributed by atoms with Gasteiger partial charge in [0.15, 0.2) is 0 Å². The summed E-state index contributed by atoms with van der Waals surface area (Å²) in [4.78, 5) is 23.4. The fourth-order valence-corrected chi connectivity index (χ4v) is 1.62. The van der Waals surface area contributed by atoms with Crippen LogP contribution in [0.2, 0.25) is 0 Å². The van der Waals surface area contributed by atoms with Gasteiger partial charge in [0.2, 0.25) is 5.91 Å². The number of likely N-dealkylation sites (N-methyl/N-ethyl adjacent to an activating group) is 1. The molecule has 116 valence electrons. The number of hydrazine groups is 1. The molecule has 0 fully saturated rings. The Morgan fingerprint density at radius 3 is 2.33 bits per heavy atom. The Labute approximate surface area is 125 Å². The average Bonchev–Trinajstić information content (AvgIpc) is 2.37.